The van der Waals surface area contributed by atoms with E-state index in [0.29, 0.717) is 6.54 Å². The van der Waals surface area contributed by atoms with Gasteiger partial charge in [-0.2, -0.15) is 0 Å². The van der Waals surface area contributed by atoms with Crippen LogP contribution in [0.25, 0.3) is 0 Å². The average molecular weight is 252 g/mol. The van der Waals surface area contributed by atoms with E-state index in [1.165, 1.54) is 0 Å². The van der Waals surface area contributed by atoms with Crippen molar-refractivity contribution in [3.05, 3.63) is 42.2 Å². The van der Waals surface area contributed by atoms with E-state index in [0.717, 1.165) is 18.2 Å². The maximum atomic E-state index is 13.0. The van der Waals surface area contributed by atoms with E-state index in [9.17, 15) is 14.0 Å². The maximum Gasteiger partial charge on any atom is 0.337 e. The van der Waals surface area contributed by atoms with E-state index in [2.05, 4.69) is 17.2 Å². The van der Waals surface area contributed by atoms with Crippen LogP contribution in [0.5, 0.6) is 0 Å². The van der Waals surface area contributed by atoms with Crippen LogP contribution in [0, 0.1) is 5.82 Å². The third kappa shape index (κ3) is 3.99. The molecule has 0 radical (unpaired) electrons. The monoisotopic (exact) mass is 252 g/mol. The van der Waals surface area contributed by atoms with E-state index < -0.39 is 17.7 Å². The fraction of sp³-hybridized carbons (Fsp3) is 0.167. The first-order chi connectivity index (χ1) is 8.54. The average Bonchev–Trinajstić information content (AvgIpc) is 2.29. The Morgan fingerprint density at radius 1 is 1.44 bits per heavy atom. The Kier molecular flexibility index (Phi) is 5.01. The molecule has 0 atom stereocenters. The molecule has 0 spiro atoms. The predicted molar refractivity (Wildman–Crippen MR) is 65.1 cm³/mol. The first-order valence-corrected chi connectivity index (χ1v) is 5.19. The van der Waals surface area contributed by atoms with Gasteiger partial charge in [-0.25, -0.2) is 9.18 Å². The smallest absolute Gasteiger partial charge is 0.337 e. The number of halogens is 1. The first-order valence-electron chi connectivity index (χ1n) is 5.19. The zero-order valence-electron chi connectivity index (χ0n) is 9.57. The zero-order valence-corrected chi connectivity index (χ0v) is 9.57. The van der Waals surface area contributed by atoms with Gasteiger partial charge >= 0.3 is 5.97 Å². The van der Waals surface area contributed by atoms with Crippen molar-refractivity contribution >= 4 is 17.6 Å². The lowest BCUT2D eigenvalue weighted by Crippen LogP contribution is -2.28. The van der Waals surface area contributed by atoms with Gasteiger partial charge in [0.2, 0.25) is 5.91 Å². The Labute approximate surface area is 103 Å². The summed E-state index contributed by atoms with van der Waals surface area (Å²) in [4.78, 5) is 22.3. The zero-order chi connectivity index (χ0) is 13.5. The molecule has 1 aromatic carbocycles. The molecule has 0 unspecified atom stereocenters. The van der Waals surface area contributed by atoms with E-state index in [-0.39, 0.29) is 17.8 Å². The first kappa shape index (κ1) is 13.9. The molecule has 1 rings (SSSR count). The van der Waals surface area contributed by atoms with Crippen LogP contribution >= 0.6 is 0 Å². The third-order valence-corrected chi connectivity index (χ3v) is 2.06. The molecule has 0 saturated heterocycles. The molecule has 5 nitrogen and oxygen atoms in total. The summed E-state index contributed by atoms with van der Waals surface area (Å²) in [5.74, 6) is -2.30. The topological polar surface area (TPSA) is 78.4 Å². The molecule has 0 saturated carbocycles. The number of nitrogens with one attached hydrogen (secondary N) is 2. The van der Waals surface area contributed by atoms with Crippen LogP contribution in [0.1, 0.15) is 10.4 Å². The second-order valence-electron chi connectivity index (χ2n) is 3.46. The van der Waals surface area contributed by atoms with Gasteiger partial charge in [0.25, 0.3) is 0 Å². The van der Waals surface area contributed by atoms with E-state index in [4.69, 9.17) is 5.11 Å². The van der Waals surface area contributed by atoms with Gasteiger partial charge in [0.1, 0.15) is 5.82 Å². The van der Waals surface area contributed by atoms with Crippen LogP contribution in [0.4, 0.5) is 10.1 Å². The number of hydrogen-bond acceptors (Lipinski definition) is 3. The second kappa shape index (κ2) is 6.51. The standard InChI is InChI=1S/C12H13FN2O3/c1-2-5-14-7-11(16)15-10-6-8(13)3-4-9(10)12(17)18/h2-4,6,14H,1,5,7H2,(H,15,16)(H,17,18). The Morgan fingerprint density at radius 3 is 2.78 bits per heavy atom. The number of anilines is 1. The van der Waals surface area contributed by atoms with Gasteiger partial charge < -0.3 is 15.7 Å². The molecule has 0 aliphatic heterocycles. The minimum absolute atomic E-state index is 0.0123. The lowest BCUT2D eigenvalue weighted by atomic mass is 10.1. The minimum atomic E-state index is -1.23. The van der Waals surface area contributed by atoms with Gasteiger partial charge in [-0.05, 0) is 18.2 Å². The molecule has 0 bridgehead atoms. The highest BCUT2D eigenvalue weighted by Gasteiger charge is 2.13. The van der Waals surface area contributed by atoms with E-state index >= 15 is 0 Å². The van der Waals surface area contributed by atoms with Crippen LogP contribution in [0.15, 0.2) is 30.9 Å². The Bertz CT molecular complexity index is 474. The number of amides is 1. The summed E-state index contributed by atoms with van der Waals surface area (Å²) in [6, 6.07) is 3.09. The molecule has 18 heavy (non-hydrogen) atoms. The highest BCUT2D eigenvalue weighted by molar-refractivity contribution is 6.01. The fourth-order valence-electron chi connectivity index (χ4n) is 1.29. The number of aromatic carboxylic acids is 1. The molecule has 0 aliphatic carbocycles. The number of rotatable bonds is 6. The minimum Gasteiger partial charge on any atom is -0.478 e. The summed E-state index contributed by atoms with van der Waals surface area (Å²) in [7, 11) is 0. The van der Waals surface area contributed by atoms with Crippen LogP contribution in [0.3, 0.4) is 0 Å². The highest BCUT2D eigenvalue weighted by atomic mass is 19.1. The van der Waals surface area contributed by atoms with Crippen molar-refractivity contribution in [3.8, 4) is 0 Å². The molecule has 1 aromatic rings. The molecule has 96 valence electrons. The molecule has 0 heterocycles. The summed E-state index contributed by atoms with van der Waals surface area (Å²) in [6.45, 7) is 3.90. The molecule has 1 amide bonds. The van der Waals surface area contributed by atoms with E-state index in [1.807, 2.05) is 0 Å². The SMILES string of the molecule is C=CCNCC(=O)Nc1cc(F)ccc1C(=O)O. The number of hydrogen-bond donors (Lipinski definition) is 3. The predicted octanol–water partition coefficient (Wildman–Crippen LogP) is 1.24. The number of benzene rings is 1. The van der Waals surface area contributed by atoms with Crippen molar-refractivity contribution in [3.63, 3.8) is 0 Å². The van der Waals surface area contributed by atoms with Gasteiger partial charge in [0.15, 0.2) is 0 Å². The van der Waals surface area contributed by atoms with Crippen molar-refractivity contribution in [2.45, 2.75) is 0 Å². The van der Waals surface area contributed by atoms with Gasteiger partial charge in [-0.15, -0.1) is 6.58 Å². The van der Waals surface area contributed by atoms with Crippen LogP contribution in [-0.2, 0) is 4.79 Å². The van der Waals surface area contributed by atoms with Crippen LogP contribution in [-0.4, -0.2) is 30.1 Å². The molecule has 0 aliphatic rings. The summed E-state index contributed by atoms with van der Waals surface area (Å²) in [6.07, 6.45) is 1.58. The van der Waals surface area contributed by atoms with E-state index in [1.54, 1.807) is 6.08 Å². The van der Waals surface area contributed by atoms with Crippen molar-refractivity contribution in [2.24, 2.45) is 0 Å². The summed E-state index contributed by atoms with van der Waals surface area (Å²) >= 11 is 0. The Hall–Kier alpha value is -2.21. The lowest BCUT2D eigenvalue weighted by molar-refractivity contribution is -0.115. The van der Waals surface area contributed by atoms with Crippen molar-refractivity contribution < 1.29 is 19.1 Å². The number of carbonyl (C=O) groups excluding carboxylic acids is 1. The second-order valence-corrected chi connectivity index (χ2v) is 3.46. The van der Waals surface area contributed by atoms with Crippen LogP contribution < -0.4 is 10.6 Å². The molecular weight excluding hydrogens is 239 g/mol. The Morgan fingerprint density at radius 2 is 2.17 bits per heavy atom. The number of carbonyl (C=O) groups is 2. The van der Waals surface area contributed by atoms with Crippen molar-refractivity contribution in [1.29, 1.82) is 0 Å². The van der Waals surface area contributed by atoms with Crippen molar-refractivity contribution in [2.75, 3.05) is 18.4 Å². The van der Waals surface area contributed by atoms with Crippen LogP contribution in [0.2, 0.25) is 0 Å². The van der Waals surface area contributed by atoms with Gasteiger partial charge in [-0.3, -0.25) is 4.79 Å². The molecule has 3 N–H and O–H groups in total. The quantitative estimate of drug-likeness (QED) is 0.525. The summed E-state index contributed by atoms with van der Waals surface area (Å²) < 4.78 is 13.0. The summed E-state index contributed by atoms with van der Waals surface area (Å²) in [5.41, 5.74) is -0.221. The number of carboxylic acid groups (broad SMARTS) is 1. The van der Waals surface area contributed by atoms with Gasteiger partial charge in [0.05, 0.1) is 17.8 Å². The van der Waals surface area contributed by atoms with Crippen molar-refractivity contribution in [1.82, 2.24) is 5.32 Å². The normalized spacial score (nSPS) is 9.83. The lowest BCUT2D eigenvalue weighted by Gasteiger charge is -2.08. The Balaban J connectivity index is 2.76. The molecule has 0 fully saturated rings. The largest absolute Gasteiger partial charge is 0.478 e. The molecule has 0 aromatic heterocycles. The summed E-state index contributed by atoms with van der Waals surface area (Å²) in [5, 5.41) is 14.0. The molecular formula is C12H13FN2O3. The maximum absolute atomic E-state index is 13.0. The van der Waals surface area contributed by atoms with Gasteiger partial charge in [-0.1, -0.05) is 6.08 Å². The third-order valence-electron chi connectivity index (χ3n) is 2.06. The number of carboxylic acids is 1. The highest BCUT2D eigenvalue weighted by Crippen LogP contribution is 2.17. The fourth-order valence-corrected chi connectivity index (χ4v) is 1.29. The molecule has 6 heteroatoms. The van der Waals surface area contributed by atoms with Gasteiger partial charge in [0, 0.05) is 6.54 Å².